The van der Waals surface area contributed by atoms with E-state index >= 15 is 0 Å². The topological polar surface area (TPSA) is 79.4 Å². The molecular formula is C17H21N3O3S. The number of ketones is 1. The molecule has 1 aromatic heterocycles. The summed E-state index contributed by atoms with van der Waals surface area (Å²) in [6, 6.07) is 0. The molecule has 3 aliphatic rings. The van der Waals surface area contributed by atoms with Gasteiger partial charge < -0.3 is 10.2 Å². The minimum atomic E-state index is -0.291. The minimum Gasteiger partial charge on any atom is -0.342 e. The van der Waals surface area contributed by atoms with Gasteiger partial charge in [-0.15, -0.1) is 0 Å². The number of hydrogen-bond acceptors (Lipinski definition) is 5. The maximum absolute atomic E-state index is 12.6. The van der Waals surface area contributed by atoms with Crippen LogP contribution in [0.15, 0.2) is 0 Å². The van der Waals surface area contributed by atoms with Gasteiger partial charge in [0.15, 0.2) is 10.9 Å². The zero-order valence-electron chi connectivity index (χ0n) is 13.5. The fourth-order valence-corrected chi connectivity index (χ4v) is 4.58. The monoisotopic (exact) mass is 347 g/mol. The number of nitrogens with zero attached hydrogens (tertiary/aromatic N) is 2. The molecule has 24 heavy (non-hydrogen) atoms. The van der Waals surface area contributed by atoms with Crippen molar-refractivity contribution < 1.29 is 14.4 Å². The molecule has 1 N–H and O–H groups in total. The lowest BCUT2D eigenvalue weighted by Crippen LogP contribution is -2.37. The van der Waals surface area contributed by atoms with Crippen molar-refractivity contribution in [2.75, 3.05) is 18.4 Å². The number of nitrogens with one attached hydrogen (secondary N) is 1. The highest BCUT2D eigenvalue weighted by Gasteiger charge is 2.36. The standard InChI is InChI=1S/C17H21N3O3S/c21-13-9-11(16(23)20-6-1-2-7-20)8-12-14(13)24-17(18-12)19-15(22)10-4-3-5-10/h10-11H,1-9H2,(H,18,19,22). The Bertz CT molecular complexity index is 689. The maximum atomic E-state index is 12.6. The lowest BCUT2D eigenvalue weighted by Gasteiger charge is -2.24. The van der Waals surface area contributed by atoms with Crippen LogP contribution in [-0.2, 0) is 16.0 Å². The van der Waals surface area contributed by atoms with E-state index in [2.05, 4.69) is 10.3 Å². The van der Waals surface area contributed by atoms with Crippen LogP contribution in [0.3, 0.4) is 0 Å². The molecule has 2 aliphatic carbocycles. The summed E-state index contributed by atoms with van der Waals surface area (Å²) >= 11 is 1.25. The molecule has 2 fully saturated rings. The zero-order chi connectivity index (χ0) is 16.7. The van der Waals surface area contributed by atoms with E-state index in [4.69, 9.17) is 0 Å². The molecule has 0 radical (unpaired) electrons. The Hall–Kier alpha value is -1.76. The molecule has 2 amide bonds. The number of carbonyl (C=O) groups is 3. The first-order valence-corrected chi connectivity index (χ1v) is 9.56. The van der Waals surface area contributed by atoms with Crippen molar-refractivity contribution in [2.45, 2.75) is 44.9 Å². The lowest BCUT2D eigenvalue weighted by molar-refractivity contribution is -0.134. The molecule has 1 saturated heterocycles. The van der Waals surface area contributed by atoms with Gasteiger partial charge in [-0.3, -0.25) is 14.4 Å². The summed E-state index contributed by atoms with van der Waals surface area (Å²) in [6.07, 6.45) is 5.83. The average Bonchev–Trinajstić information content (AvgIpc) is 3.13. The number of amides is 2. The van der Waals surface area contributed by atoms with Crippen molar-refractivity contribution in [1.29, 1.82) is 0 Å². The molecule has 1 atom stereocenters. The van der Waals surface area contributed by atoms with Crippen molar-refractivity contribution in [2.24, 2.45) is 11.8 Å². The number of rotatable bonds is 3. The van der Waals surface area contributed by atoms with Gasteiger partial charge in [0, 0.05) is 31.8 Å². The molecule has 128 valence electrons. The van der Waals surface area contributed by atoms with Crippen LogP contribution in [-0.4, -0.2) is 40.6 Å². The number of Topliss-reactive ketones (excluding diaryl/α,β-unsaturated/α-hetero) is 1. The molecule has 6 nitrogen and oxygen atoms in total. The van der Waals surface area contributed by atoms with Gasteiger partial charge in [-0.2, -0.15) is 0 Å². The van der Waals surface area contributed by atoms with Crippen LogP contribution in [0.5, 0.6) is 0 Å². The molecule has 1 unspecified atom stereocenters. The van der Waals surface area contributed by atoms with Gasteiger partial charge >= 0.3 is 0 Å². The van der Waals surface area contributed by atoms with Crippen molar-refractivity contribution in [3.63, 3.8) is 0 Å². The van der Waals surface area contributed by atoms with Crippen molar-refractivity contribution in [3.05, 3.63) is 10.6 Å². The summed E-state index contributed by atoms with van der Waals surface area (Å²) in [4.78, 5) is 43.9. The predicted octanol–water partition coefficient (Wildman–Crippen LogP) is 2.25. The maximum Gasteiger partial charge on any atom is 0.229 e. The Balaban J connectivity index is 1.47. The molecule has 1 aromatic rings. The fourth-order valence-electron chi connectivity index (χ4n) is 3.63. The van der Waals surface area contributed by atoms with Crippen LogP contribution in [0, 0.1) is 11.8 Å². The van der Waals surface area contributed by atoms with E-state index in [1.54, 1.807) is 0 Å². The van der Waals surface area contributed by atoms with Gasteiger partial charge in [0.05, 0.1) is 16.5 Å². The summed E-state index contributed by atoms with van der Waals surface area (Å²) in [6.45, 7) is 1.60. The Morgan fingerprint density at radius 2 is 1.83 bits per heavy atom. The third-order valence-corrected chi connectivity index (χ3v) is 6.35. The number of fused-ring (bicyclic) bond motifs is 1. The summed E-state index contributed by atoms with van der Waals surface area (Å²) in [5.74, 6) is -0.133. The highest BCUT2D eigenvalue weighted by atomic mass is 32.1. The molecule has 7 heteroatoms. The zero-order valence-corrected chi connectivity index (χ0v) is 14.4. The van der Waals surface area contributed by atoms with Crippen LogP contribution in [0.1, 0.15) is 53.9 Å². The highest BCUT2D eigenvalue weighted by Crippen LogP contribution is 2.34. The highest BCUT2D eigenvalue weighted by molar-refractivity contribution is 7.17. The molecule has 1 saturated carbocycles. The van der Waals surface area contributed by atoms with E-state index < -0.39 is 0 Å². The van der Waals surface area contributed by atoms with Gasteiger partial charge in [-0.1, -0.05) is 17.8 Å². The number of aromatic nitrogens is 1. The largest absolute Gasteiger partial charge is 0.342 e. The van der Waals surface area contributed by atoms with E-state index in [0.717, 1.165) is 45.2 Å². The van der Waals surface area contributed by atoms with Crippen molar-refractivity contribution >= 4 is 34.1 Å². The molecule has 2 heterocycles. The first-order valence-electron chi connectivity index (χ1n) is 8.74. The Kier molecular flexibility index (Phi) is 4.12. The number of carbonyl (C=O) groups excluding carboxylic acids is 3. The van der Waals surface area contributed by atoms with E-state index in [-0.39, 0.29) is 35.9 Å². The molecule has 0 aromatic carbocycles. The van der Waals surface area contributed by atoms with E-state index in [9.17, 15) is 14.4 Å². The quantitative estimate of drug-likeness (QED) is 0.909. The summed E-state index contributed by atoms with van der Waals surface area (Å²) in [5, 5.41) is 3.34. The molecule has 1 aliphatic heterocycles. The Morgan fingerprint density at radius 1 is 1.08 bits per heavy atom. The van der Waals surface area contributed by atoms with Gasteiger partial charge in [-0.05, 0) is 25.7 Å². The lowest BCUT2D eigenvalue weighted by atomic mass is 9.85. The second-order valence-corrected chi connectivity index (χ2v) is 7.97. The van der Waals surface area contributed by atoms with Gasteiger partial charge in [-0.25, -0.2) is 4.98 Å². The first-order chi connectivity index (χ1) is 11.6. The fraction of sp³-hybridized carbons (Fsp3) is 0.647. The van der Waals surface area contributed by atoms with E-state index in [0.29, 0.717) is 22.1 Å². The smallest absolute Gasteiger partial charge is 0.229 e. The number of hydrogen-bond donors (Lipinski definition) is 1. The Morgan fingerprint density at radius 3 is 2.50 bits per heavy atom. The second-order valence-electron chi connectivity index (χ2n) is 6.97. The summed E-state index contributed by atoms with van der Waals surface area (Å²) < 4.78 is 0. The summed E-state index contributed by atoms with van der Waals surface area (Å²) in [5.41, 5.74) is 0.678. The van der Waals surface area contributed by atoms with Crippen molar-refractivity contribution in [1.82, 2.24) is 9.88 Å². The summed E-state index contributed by atoms with van der Waals surface area (Å²) in [7, 11) is 0. The predicted molar refractivity (Wildman–Crippen MR) is 90.0 cm³/mol. The minimum absolute atomic E-state index is 0.00416. The van der Waals surface area contributed by atoms with E-state index in [1.165, 1.54) is 11.3 Å². The third-order valence-electron chi connectivity index (χ3n) is 5.30. The van der Waals surface area contributed by atoms with Crippen molar-refractivity contribution in [3.8, 4) is 0 Å². The number of anilines is 1. The molecule has 4 rings (SSSR count). The van der Waals surface area contributed by atoms with Crippen LogP contribution in [0.4, 0.5) is 5.13 Å². The third kappa shape index (κ3) is 2.85. The van der Waals surface area contributed by atoms with Crippen LogP contribution >= 0.6 is 11.3 Å². The van der Waals surface area contributed by atoms with Crippen LogP contribution in [0.25, 0.3) is 0 Å². The van der Waals surface area contributed by atoms with Gasteiger partial charge in [0.25, 0.3) is 0 Å². The van der Waals surface area contributed by atoms with Gasteiger partial charge in [0.1, 0.15) is 0 Å². The van der Waals surface area contributed by atoms with E-state index in [1.807, 2.05) is 4.90 Å². The SMILES string of the molecule is O=C1CC(C(=O)N2CCCC2)Cc2nc(NC(=O)C3CCC3)sc21. The first kappa shape index (κ1) is 15.7. The van der Waals surface area contributed by atoms with Gasteiger partial charge in [0.2, 0.25) is 11.8 Å². The molecule has 0 spiro atoms. The molecular weight excluding hydrogens is 326 g/mol. The molecule has 0 bridgehead atoms. The number of thiazole rings is 1. The second kappa shape index (κ2) is 6.27. The van der Waals surface area contributed by atoms with Crippen LogP contribution in [0.2, 0.25) is 0 Å². The normalized spacial score (nSPS) is 23.8. The van der Waals surface area contributed by atoms with Crippen LogP contribution < -0.4 is 5.32 Å². The number of likely N-dealkylation sites (tertiary alicyclic amines) is 1. The average molecular weight is 347 g/mol. The Labute approximate surface area is 144 Å².